The Labute approximate surface area is 55.2 Å². The number of hydrogen-bond donors (Lipinski definition) is 1. The molecule has 0 aliphatic heterocycles. The zero-order valence-corrected chi connectivity index (χ0v) is 5.47. The molecule has 1 N–H and O–H groups in total. The van der Waals surface area contributed by atoms with Crippen LogP contribution in [0.3, 0.4) is 0 Å². The number of nitrogens with one attached hydrogen (secondary N) is 1. The van der Waals surface area contributed by atoms with Crippen LogP contribution in [0.25, 0.3) is 0 Å². The van der Waals surface area contributed by atoms with Gasteiger partial charge in [0.1, 0.15) is 13.6 Å². The summed E-state index contributed by atoms with van der Waals surface area (Å²) >= 11 is 0. The molecule has 48 valence electrons. The summed E-state index contributed by atoms with van der Waals surface area (Å²) in [6.07, 6.45) is 0. The van der Waals surface area contributed by atoms with Gasteiger partial charge in [0, 0.05) is 12.9 Å². The van der Waals surface area contributed by atoms with Crippen molar-refractivity contribution in [2.45, 2.75) is 19.8 Å². The van der Waals surface area contributed by atoms with E-state index in [4.69, 9.17) is 7.85 Å². The highest BCUT2D eigenvalue weighted by Gasteiger charge is 2.05. The summed E-state index contributed by atoms with van der Waals surface area (Å²) in [5.41, 5.74) is 0. The molecule has 0 heterocycles. The molecule has 0 saturated heterocycles. The summed E-state index contributed by atoms with van der Waals surface area (Å²) in [6, 6.07) is 0. The predicted octanol–water partition coefficient (Wildman–Crippen LogP) is -0.794. The van der Waals surface area contributed by atoms with E-state index >= 15 is 0 Å². The molecule has 0 aliphatic rings. The molecule has 0 aromatic heterocycles. The first-order valence-corrected chi connectivity index (χ1v) is 2.57. The molecule has 1 amide bonds. The van der Waals surface area contributed by atoms with Crippen LogP contribution in [0.15, 0.2) is 0 Å². The zero-order chi connectivity index (χ0) is 7.44. The Balaban J connectivity index is 3.63. The van der Waals surface area contributed by atoms with E-state index < -0.39 is 5.94 Å². The van der Waals surface area contributed by atoms with Crippen molar-refractivity contribution >= 4 is 19.5 Å². The second-order valence-electron chi connectivity index (χ2n) is 1.79. The minimum absolute atomic E-state index is 0.245. The van der Waals surface area contributed by atoms with Gasteiger partial charge in [0.25, 0.3) is 0 Å². The maximum Gasteiger partial charge on any atom is 0.216 e. The van der Waals surface area contributed by atoms with Crippen molar-refractivity contribution in [3.63, 3.8) is 0 Å². The first kappa shape index (κ1) is 8.20. The molecule has 3 nitrogen and oxygen atoms in total. The molecule has 1 atom stereocenters. The Hall–Kier alpha value is -0.795. The Morgan fingerprint density at radius 3 is 2.00 bits per heavy atom. The monoisotopic (exact) mass is 125 g/mol. The Kier molecular flexibility index (Phi) is 2.98. The number of Topliss-reactive ketones (excluding diaryl/α,β-unsaturated/α-hetero) is 1. The fourth-order valence-corrected chi connectivity index (χ4v) is 0.321. The molecule has 0 aromatic rings. The maximum atomic E-state index is 10.3. The standard InChI is InChI=1S/C5H8BNO2/c1-3(8)5(6)7-4(2)9/h5H,1-2H3,(H,7,9)/t5-/m1/s1. The third kappa shape index (κ3) is 3.76. The van der Waals surface area contributed by atoms with Crippen LogP contribution < -0.4 is 5.32 Å². The first-order chi connectivity index (χ1) is 4.04. The molecule has 0 rings (SSSR count). The average Bonchev–Trinajstić information content (AvgIpc) is 1.63. The quantitative estimate of drug-likeness (QED) is 0.491. The van der Waals surface area contributed by atoms with Crippen molar-refractivity contribution < 1.29 is 9.59 Å². The SMILES string of the molecule is [B][C@H](NC(C)=O)C(C)=O. The van der Waals surface area contributed by atoms with Crippen LogP contribution in [0, 0.1) is 0 Å². The summed E-state index contributed by atoms with van der Waals surface area (Å²) in [5, 5.41) is 2.23. The van der Waals surface area contributed by atoms with Gasteiger partial charge >= 0.3 is 0 Å². The van der Waals surface area contributed by atoms with Gasteiger partial charge in [-0.05, 0) is 6.92 Å². The van der Waals surface area contributed by atoms with Crippen molar-refractivity contribution in [3.05, 3.63) is 0 Å². The molecule has 0 aromatic carbocycles. The molecule has 0 aliphatic carbocycles. The van der Waals surface area contributed by atoms with Crippen molar-refractivity contribution in [2.75, 3.05) is 0 Å². The van der Waals surface area contributed by atoms with Crippen molar-refractivity contribution in [3.8, 4) is 0 Å². The highest BCUT2D eigenvalue weighted by Crippen LogP contribution is 1.76. The van der Waals surface area contributed by atoms with Crippen LogP contribution in [0.4, 0.5) is 0 Å². The lowest BCUT2D eigenvalue weighted by Gasteiger charge is -2.06. The van der Waals surface area contributed by atoms with Crippen LogP contribution in [-0.4, -0.2) is 25.5 Å². The van der Waals surface area contributed by atoms with Crippen LogP contribution in [0.5, 0.6) is 0 Å². The number of rotatable bonds is 2. The lowest BCUT2D eigenvalue weighted by Crippen LogP contribution is -2.38. The van der Waals surface area contributed by atoms with E-state index in [1.165, 1.54) is 13.8 Å². The second kappa shape index (κ2) is 3.27. The fraction of sp³-hybridized carbons (Fsp3) is 0.600. The van der Waals surface area contributed by atoms with Gasteiger partial charge in [0.15, 0.2) is 0 Å². The number of amides is 1. The third-order valence-corrected chi connectivity index (χ3v) is 0.797. The van der Waals surface area contributed by atoms with Gasteiger partial charge < -0.3 is 5.32 Å². The van der Waals surface area contributed by atoms with E-state index in [1.54, 1.807) is 0 Å². The lowest BCUT2D eigenvalue weighted by atomic mass is 9.93. The van der Waals surface area contributed by atoms with Gasteiger partial charge in [-0.15, -0.1) is 0 Å². The van der Waals surface area contributed by atoms with Gasteiger partial charge in [-0.2, -0.15) is 0 Å². The van der Waals surface area contributed by atoms with Crippen LogP contribution in [-0.2, 0) is 9.59 Å². The molecule has 4 heteroatoms. The minimum Gasteiger partial charge on any atom is -0.355 e. The van der Waals surface area contributed by atoms with E-state index in [2.05, 4.69) is 5.32 Å². The molecular weight excluding hydrogens is 117 g/mol. The average molecular weight is 125 g/mol. The normalized spacial score (nSPS) is 12.2. The summed E-state index contributed by atoms with van der Waals surface area (Å²) in [6.45, 7) is 2.63. The van der Waals surface area contributed by atoms with E-state index in [0.29, 0.717) is 0 Å². The zero-order valence-electron chi connectivity index (χ0n) is 5.47. The highest BCUT2D eigenvalue weighted by atomic mass is 16.2. The Bertz CT molecular complexity index is 135. The third-order valence-electron chi connectivity index (χ3n) is 0.797. The largest absolute Gasteiger partial charge is 0.355 e. The highest BCUT2D eigenvalue weighted by molar-refractivity contribution is 6.24. The van der Waals surface area contributed by atoms with Crippen LogP contribution in [0.1, 0.15) is 13.8 Å². The lowest BCUT2D eigenvalue weighted by molar-refractivity contribution is -0.123. The number of carbonyl (C=O) groups excluding carboxylic acids is 2. The van der Waals surface area contributed by atoms with Gasteiger partial charge in [-0.1, -0.05) is 0 Å². The smallest absolute Gasteiger partial charge is 0.216 e. The molecule has 2 radical (unpaired) electrons. The fourth-order valence-electron chi connectivity index (χ4n) is 0.321. The summed E-state index contributed by atoms with van der Waals surface area (Å²) in [7, 11) is 5.14. The van der Waals surface area contributed by atoms with E-state index in [9.17, 15) is 9.59 Å². The van der Waals surface area contributed by atoms with E-state index in [0.717, 1.165) is 0 Å². The number of hydrogen-bond acceptors (Lipinski definition) is 2. The molecule has 9 heavy (non-hydrogen) atoms. The molecule has 0 saturated carbocycles. The van der Waals surface area contributed by atoms with Gasteiger partial charge in [-0.3, -0.25) is 9.59 Å². The molecule has 0 bridgehead atoms. The maximum absolute atomic E-state index is 10.3. The van der Waals surface area contributed by atoms with Crippen LogP contribution in [0.2, 0.25) is 0 Å². The first-order valence-electron chi connectivity index (χ1n) is 2.57. The van der Waals surface area contributed by atoms with Crippen molar-refractivity contribution in [2.24, 2.45) is 0 Å². The molecule has 0 unspecified atom stereocenters. The van der Waals surface area contributed by atoms with Crippen LogP contribution >= 0.6 is 0 Å². The van der Waals surface area contributed by atoms with E-state index in [1.807, 2.05) is 0 Å². The minimum atomic E-state index is -0.845. The van der Waals surface area contributed by atoms with Crippen molar-refractivity contribution in [1.29, 1.82) is 0 Å². The molecular formula is C5H8BNO2. The van der Waals surface area contributed by atoms with Gasteiger partial charge in [0.2, 0.25) is 5.91 Å². The molecule has 0 spiro atoms. The van der Waals surface area contributed by atoms with Gasteiger partial charge in [0.05, 0.1) is 0 Å². The summed E-state index contributed by atoms with van der Waals surface area (Å²) in [4.78, 5) is 20.6. The topological polar surface area (TPSA) is 46.2 Å². The molecule has 0 fully saturated rings. The summed E-state index contributed by atoms with van der Waals surface area (Å²) in [5.74, 6) is -1.38. The van der Waals surface area contributed by atoms with Gasteiger partial charge in [-0.25, -0.2) is 0 Å². The van der Waals surface area contributed by atoms with Crippen molar-refractivity contribution in [1.82, 2.24) is 5.32 Å². The number of carbonyl (C=O) groups is 2. The second-order valence-corrected chi connectivity index (χ2v) is 1.79. The predicted molar refractivity (Wildman–Crippen MR) is 34.0 cm³/mol. The Morgan fingerprint density at radius 1 is 1.44 bits per heavy atom. The number of ketones is 1. The Morgan fingerprint density at radius 2 is 1.89 bits per heavy atom. The summed E-state index contributed by atoms with van der Waals surface area (Å²) < 4.78 is 0. The van der Waals surface area contributed by atoms with E-state index in [-0.39, 0.29) is 11.7 Å².